The van der Waals surface area contributed by atoms with Crippen molar-refractivity contribution in [3.05, 3.63) is 59.4 Å². The predicted octanol–water partition coefficient (Wildman–Crippen LogP) is 3.33. The Hall–Kier alpha value is -2.36. The van der Waals surface area contributed by atoms with Crippen LogP contribution in [0.3, 0.4) is 0 Å². The Bertz CT molecular complexity index is 630. The minimum Gasteiger partial charge on any atom is -0.505 e. The van der Waals surface area contributed by atoms with E-state index in [2.05, 4.69) is 4.98 Å². The summed E-state index contributed by atoms with van der Waals surface area (Å²) in [5, 5.41) is 10.3. The third-order valence-corrected chi connectivity index (χ3v) is 2.83. The SMILES string of the molecule is CC(C)(C)OC(=O)c1ccnc(Cc2ccccc2)c1O. The standard InChI is InChI=1S/C17H19NO3/c1-17(2,3)21-16(20)13-9-10-18-14(15(13)19)11-12-7-5-4-6-8-12/h4-10,19H,11H2,1-3H3. The molecule has 1 N–H and O–H groups in total. The molecule has 0 unspecified atom stereocenters. The van der Waals surface area contributed by atoms with Crippen molar-refractivity contribution in [1.29, 1.82) is 0 Å². The normalized spacial score (nSPS) is 11.2. The molecule has 0 amide bonds. The lowest BCUT2D eigenvalue weighted by Gasteiger charge is -2.20. The van der Waals surface area contributed by atoms with Crippen LogP contribution in [0.2, 0.25) is 0 Å². The van der Waals surface area contributed by atoms with Crippen LogP contribution in [-0.2, 0) is 11.2 Å². The second-order valence-electron chi connectivity index (χ2n) is 5.82. The highest BCUT2D eigenvalue weighted by molar-refractivity contribution is 5.92. The average Bonchev–Trinajstić information content (AvgIpc) is 2.40. The van der Waals surface area contributed by atoms with Crippen molar-refractivity contribution < 1.29 is 14.6 Å². The van der Waals surface area contributed by atoms with Crippen LogP contribution in [0.15, 0.2) is 42.6 Å². The van der Waals surface area contributed by atoms with E-state index in [0.29, 0.717) is 12.1 Å². The molecule has 0 atom stereocenters. The molecule has 110 valence electrons. The summed E-state index contributed by atoms with van der Waals surface area (Å²) in [6, 6.07) is 11.1. The first-order chi connectivity index (χ1) is 9.87. The third kappa shape index (κ3) is 4.05. The number of carbonyl (C=O) groups excluding carboxylic acids is 1. The number of hydrogen-bond acceptors (Lipinski definition) is 4. The number of carbonyl (C=O) groups is 1. The van der Waals surface area contributed by atoms with E-state index in [9.17, 15) is 9.90 Å². The van der Waals surface area contributed by atoms with Gasteiger partial charge in [-0.1, -0.05) is 30.3 Å². The summed E-state index contributed by atoms with van der Waals surface area (Å²) in [6.07, 6.45) is 1.97. The number of rotatable bonds is 3. The number of nitrogens with zero attached hydrogens (tertiary/aromatic N) is 1. The molecule has 0 aliphatic rings. The van der Waals surface area contributed by atoms with E-state index in [1.165, 1.54) is 12.3 Å². The molecule has 0 radical (unpaired) electrons. The Morgan fingerprint density at radius 3 is 2.48 bits per heavy atom. The zero-order valence-electron chi connectivity index (χ0n) is 12.5. The molecule has 1 aromatic heterocycles. The molecule has 0 fully saturated rings. The highest BCUT2D eigenvalue weighted by Gasteiger charge is 2.22. The minimum absolute atomic E-state index is 0.115. The summed E-state index contributed by atoms with van der Waals surface area (Å²) in [7, 11) is 0. The van der Waals surface area contributed by atoms with Gasteiger partial charge in [-0.2, -0.15) is 0 Å². The van der Waals surface area contributed by atoms with Crippen molar-refractivity contribution in [2.45, 2.75) is 32.8 Å². The number of esters is 1. The first-order valence-corrected chi connectivity index (χ1v) is 6.81. The topological polar surface area (TPSA) is 59.4 Å². The Morgan fingerprint density at radius 2 is 1.86 bits per heavy atom. The second kappa shape index (κ2) is 5.95. The lowest BCUT2D eigenvalue weighted by Crippen LogP contribution is -2.24. The fourth-order valence-electron chi connectivity index (χ4n) is 1.91. The van der Waals surface area contributed by atoms with Crippen molar-refractivity contribution in [1.82, 2.24) is 4.98 Å². The van der Waals surface area contributed by atoms with Gasteiger partial charge in [0, 0.05) is 12.6 Å². The number of aromatic hydroxyl groups is 1. The third-order valence-electron chi connectivity index (χ3n) is 2.83. The van der Waals surface area contributed by atoms with E-state index < -0.39 is 11.6 Å². The van der Waals surface area contributed by atoms with Gasteiger partial charge in [-0.25, -0.2) is 4.79 Å². The van der Waals surface area contributed by atoms with Crippen LogP contribution < -0.4 is 0 Å². The first kappa shape index (κ1) is 15.0. The smallest absolute Gasteiger partial charge is 0.342 e. The van der Waals surface area contributed by atoms with E-state index in [-0.39, 0.29) is 11.3 Å². The molecule has 0 aliphatic heterocycles. The van der Waals surface area contributed by atoms with Gasteiger partial charge in [0.05, 0.1) is 5.69 Å². The van der Waals surface area contributed by atoms with E-state index in [0.717, 1.165) is 5.56 Å². The number of ether oxygens (including phenoxy) is 1. The molecule has 0 saturated heterocycles. The van der Waals surface area contributed by atoms with Crippen LogP contribution in [0.5, 0.6) is 5.75 Å². The molecule has 4 heteroatoms. The molecule has 21 heavy (non-hydrogen) atoms. The van der Waals surface area contributed by atoms with Crippen LogP contribution in [0, 0.1) is 0 Å². The summed E-state index contributed by atoms with van der Waals surface area (Å²) in [5.74, 6) is -0.660. The zero-order valence-corrected chi connectivity index (χ0v) is 12.5. The maximum Gasteiger partial charge on any atom is 0.342 e. The molecule has 2 rings (SSSR count). The summed E-state index contributed by atoms with van der Waals surface area (Å²) in [6.45, 7) is 5.36. The molecule has 2 aromatic rings. The molecule has 0 aliphatic carbocycles. The van der Waals surface area contributed by atoms with E-state index >= 15 is 0 Å². The van der Waals surface area contributed by atoms with Gasteiger partial charge in [0.2, 0.25) is 0 Å². The van der Waals surface area contributed by atoms with E-state index in [4.69, 9.17) is 4.74 Å². The number of hydrogen-bond donors (Lipinski definition) is 1. The summed E-state index contributed by atoms with van der Waals surface area (Å²) >= 11 is 0. The molecule has 4 nitrogen and oxygen atoms in total. The van der Waals surface area contributed by atoms with Crippen molar-refractivity contribution in [2.75, 3.05) is 0 Å². The monoisotopic (exact) mass is 285 g/mol. The van der Waals surface area contributed by atoms with Crippen molar-refractivity contribution in [3.8, 4) is 5.75 Å². The first-order valence-electron chi connectivity index (χ1n) is 6.81. The average molecular weight is 285 g/mol. The highest BCUT2D eigenvalue weighted by atomic mass is 16.6. The van der Waals surface area contributed by atoms with Crippen LogP contribution in [-0.4, -0.2) is 21.7 Å². The lowest BCUT2D eigenvalue weighted by molar-refractivity contribution is 0.00664. The van der Waals surface area contributed by atoms with Gasteiger partial charge in [0.15, 0.2) is 5.75 Å². The Balaban J connectivity index is 2.26. The van der Waals surface area contributed by atoms with Gasteiger partial charge >= 0.3 is 5.97 Å². The molecular weight excluding hydrogens is 266 g/mol. The Labute approximate surface area is 124 Å². The molecule has 0 saturated carbocycles. The number of aromatic nitrogens is 1. The molecule has 0 spiro atoms. The van der Waals surface area contributed by atoms with Crippen LogP contribution >= 0.6 is 0 Å². The maximum absolute atomic E-state index is 12.1. The summed E-state index contributed by atoms with van der Waals surface area (Å²) in [5.41, 5.74) is 1.02. The minimum atomic E-state index is -0.605. The van der Waals surface area contributed by atoms with Crippen LogP contribution in [0.1, 0.15) is 42.4 Å². The van der Waals surface area contributed by atoms with Crippen molar-refractivity contribution in [3.63, 3.8) is 0 Å². The van der Waals surface area contributed by atoms with Gasteiger partial charge in [-0.05, 0) is 32.4 Å². The van der Waals surface area contributed by atoms with E-state index in [1.807, 2.05) is 30.3 Å². The molecule has 0 bridgehead atoms. The molecule has 1 heterocycles. The predicted molar refractivity (Wildman–Crippen MR) is 80.3 cm³/mol. The fraction of sp³-hybridized carbons (Fsp3) is 0.294. The largest absolute Gasteiger partial charge is 0.505 e. The summed E-state index contributed by atoms with van der Waals surface area (Å²) < 4.78 is 5.28. The van der Waals surface area contributed by atoms with Gasteiger partial charge < -0.3 is 9.84 Å². The number of benzene rings is 1. The molecule has 1 aromatic carbocycles. The lowest BCUT2D eigenvalue weighted by atomic mass is 10.1. The summed E-state index contributed by atoms with van der Waals surface area (Å²) in [4.78, 5) is 16.2. The number of pyridine rings is 1. The van der Waals surface area contributed by atoms with Gasteiger partial charge in [-0.15, -0.1) is 0 Å². The van der Waals surface area contributed by atoms with E-state index in [1.54, 1.807) is 20.8 Å². The fourth-order valence-corrected chi connectivity index (χ4v) is 1.91. The van der Waals surface area contributed by atoms with Crippen molar-refractivity contribution in [2.24, 2.45) is 0 Å². The quantitative estimate of drug-likeness (QED) is 0.879. The Morgan fingerprint density at radius 1 is 1.19 bits per heavy atom. The van der Waals surface area contributed by atoms with Crippen LogP contribution in [0.25, 0.3) is 0 Å². The van der Waals surface area contributed by atoms with Crippen LogP contribution in [0.4, 0.5) is 0 Å². The van der Waals surface area contributed by atoms with Crippen molar-refractivity contribution >= 4 is 5.97 Å². The second-order valence-corrected chi connectivity index (χ2v) is 5.82. The van der Waals surface area contributed by atoms with Gasteiger partial charge in [0.1, 0.15) is 11.2 Å². The highest BCUT2D eigenvalue weighted by Crippen LogP contribution is 2.25. The van der Waals surface area contributed by atoms with Gasteiger partial charge in [0.25, 0.3) is 0 Å². The zero-order chi connectivity index (χ0) is 15.5. The van der Waals surface area contributed by atoms with Gasteiger partial charge in [-0.3, -0.25) is 4.98 Å². The maximum atomic E-state index is 12.1. The molecular formula is C17H19NO3. The Kier molecular flexibility index (Phi) is 4.26.